The number of nitrogens with zero attached hydrogens (tertiary/aromatic N) is 1. The first-order valence-electron chi connectivity index (χ1n) is 6.80. The number of carbonyl (C=O) groups is 2. The van der Waals surface area contributed by atoms with E-state index in [1.54, 1.807) is 19.0 Å². The summed E-state index contributed by atoms with van der Waals surface area (Å²) in [5.74, 6) is -0.0303. The van der Waals surface area contributed by atoms with Crippen LogP contribution in [0.4, 0.5) is 5.69 Å². The molecule has 1 heterocycles. The van der Waals surface area contributed by atoms with E-state index in [1.165, 1.54) is 0 Å². The maximum absolute atomic E-state index is 12.6. The van der Waals surface area contributed by atoms with Crippen molar-refractivity contribution in [3.8, 4) is 0 Å². The summed E-state index contributed by atoms with van der Waals surface area (Å²) < 4.78 is 0. The number of hydrogen-bond donors (Lipinski definition) is 2. The lowest BCUT2D eigenvalue weighted by Gasteiger charge is -2.23. The Hall–Kier alpha value is -2.04. The molecule has 1 aromatic rings. The van der Waals surface area contributed by atoms with Crippen molar-refractivity contribution in [1.29, 1.82) is 0 Å². The highest BCUT2D eigenvalue weighted by atomic mass is 16.2. The van der Waals surface area contributed by atoms with Crippen molar-refractivity contribution in [2.75, 3.05) is 32.5 Å². The minimum atomic E-state index is -0.487. The largest absolute Gasteiger partial charge is 0.387 e. The molecule has 20 heavy (non-hydrogen) atoms. The third-order valence-corrected chi connectivity index (χ3v) is 3.96. The van der Waals surface area contributed by atoms with E-state index in [9.17, 15) is 9.59 Å². The van der Waals surface area contributed by atoms with Crippen LogP contribution < -0.4 is 10.6 Å². The van der Waals surface area contributed by atoms with E-state index < -0.39 is 5.41 Å². The molecule has 2 rings (SSSR count). The smallest absolute Gasteiger partial charge is 0.255 e. The molecular formula is C15H21N3O2. The van der Waals surface area contributed by atoms with E-state index in [0.717, 1.165) is 5.69 Å². The molecule has 1 fully saturated rings. The lowest BCUT2D eigenvalue weighted by Crippen LogP contribution is -2.40. The SMILES string of the molecule is CNC(=O)C1(C)CCN(C(=O)c2ccccc2NC)C1. The van der Waals surface area contributed by atoms with Crippen LogP contribution in [0.1, 0.15) is 23.7 Å². The van der Waals surface area contributed by atoms with Crippen LogP contribution in [0, 0.1) is 5.41 Å². The van der Waals surface area contributed by atoms with E-state index in [0.29, 0.717) is 25.1 Å². The molecule has 0 spiro atoms. The first-order chi connectivity index (χ1) is 9.51. The molecule has 1 atom stereocenters. The summed E-state index contributed by atoms with van der Waals surface area (Å²) in [6.45, 7) is 2.98. The minimum absolute atomic E-state index is 0.00491. The van der Waals surface area contributed by atoms with Gasteiger partial charge in [-0.25, -0.2) is 0 Å². The van der Waals surface area contributed by atoms with Gasteiger partial charge in [0.1, 0.15) is 0 Å². The normalized spacial score (nSPS) is 21.6. The number of para-hydroxylation sites is 1. The molecule has 1 aliphatic rings. The van der Waals surface area contributed by atoms with E-state index in [1.807, 2.05) is 31.2 Å². The van der Waals surface area contributed by atoms with Crippen molar-refractivity contribution in [2.45, 2.75) is 13.3 Å². The fourth-order valence-electron chi connectivity index (χ4n) is 2.68. The molecule has 5 heteroatoms. The van der Waals surface area contributed by atoms with Crippen molar-refractivity contribution >= 4 is 17.5 Å². The second-order valence-corrected chi connectivity index (χ2v) is 5.41. The average molecular weight is 275 g/mol. The second-order valence-electron chi connectivity index (χ2n) is 5.41. The average Bonchev–Trinajstić information content (AvgIpc) is 2.89. The van der Waals surface area contributed by atoms with Gasteiger partial charge in [-0.05, 0) is 25.5 Å². The van der Waals surface area contributed by atoms with E-state index in [2.05, 4.69) is 10.6 Å². The number of nitrogens with one attached hydrogen (secondary N) is 2. The Morgan fingerprint density at radius 3 is 2.60 bits per heavy atom. The van der Waals surface area contributed by atoms with Gasteiger partial charge < -0.3 is 15.5 Å². The van der Waals surface area contributed by atoms with Crippen LogP contribution in [-0.2, 0) is 4.79 Å². The number of likely N-dealkylation sites (tertiary alicyclic amines) is 1. The van der Waals surface area contributed by atoms with Crippen LogP contribution in [0.2, 0.25) is 0 Å². The zero-order valence-electron chi connectivity index (χ0n) is 12.2. The number of amides is 2. The number of rotatable bonds is 3. The van der Waals surface area contributed by atoms with Crippen molar-refractivity contribution in [2.24, 2.45) is 5.41 Å². The summed E-state index contributed by atoms with van der Waals surface area (Å²) in [6, 6.07) is 7.42. The van der Waals surface area contributed by atoms with Gasteiger partial charge in [0, 0.05) is 32.9 Å². The second kappa shape index (κ2) is 5.53. The first kappa shape index (κ1) is 14.4. The molecule has 1 aliphatic heterocycles. The molecule has 1 unspecified atom stereocenters. The Bertz CT molecular complexity index is 530. The molecule has 1 saturated heterocycles. The number of benzene rings is 1. The van der Waals surface area contributed by atoms with Gasteiger partial charge in [-0.2, -0.15) is 0 Å². The Morgan fingerprint density at radius 2 is 1.95 bits per heavy atom. The summed E-state index contributed by atoms with van der Waals surface area (Å²) in [4.78, 5) is 26.2. The maximum atomic E-state index is 12.6. The van der Waals surface area contributed by atoms with Gasteiger partial charge in [-0.1, -0.05) is 12.1 Å². The predicted molar refractivity (Wildman–Crippen MR) is 78.7 cm³/mol. The highest BCUT2D eigenvalue weighted by molar-refractivity contribution is 6.00. The van der Waals surface area contributed by atoms with Gasteiger partial charge in [-0.3, -0.25) is 9.59 Å². The van der Waals surface area contributed by atoms with Gasteiger partial charge in [0.15, 0.2) is 0 Å². The Balaban J connectivity index is 2.18. The molecule has 0 saturated carbocycles. The van der Waals surface area contributed by atoms with Gasteiger partial charge in [0.2, 0.25) is 5.91 Å². The lowest BCUT2D eigenvalue weighted by molar-refractivity contribution is -0.128. The van der Waals surface area contributed by atoms with Crippen LogP contribution in [0.5, 0.6) is 0 Å². The number of carbonyl (C=O) groups excluding carboxylic acids is 2. The quantitative estimate of drug-likeness (QED) is 0.875. The summed E-state index contributed by atoms with van der Waals surface area (Å²) in [7, 11) is 3.43. The monoisotopic (exact) mass is 275 g/mol. The van der Waals surface area contributed by atoms with Crippen molar-refractivity contribution in [3.63, 3.8) is 0 Å². The van der Waals surface area contributed by atoms with E-state index in [4.69, 9.17) is 0 Å². The zero-order valence-corrected chi connectivity index (χ0v) is 12.2. The van der Waals surface area contributed by atoms with E-state index in [-0.39, 0.29) is 11.8 Å². The molecule has 2 amide bonds. The predicted octanol–water partition coefficient (Wildman–Crippen LogP) is 1.33. The highest BCUT2D eigenvalue weighted by Crippen LogP contribution is 2.31. The third kappa shape index (κ3) is 2.48. The summed E-state index contributed by atoms with van der Waals surface area (Å²) in [5, 5.41) is 5.71. The molecule has 0 bridgehead atoms. The van der Waals surface area contributed by atoms with Crippen molar-refractivity contribution < 1.29 is 9.59 Å². The minimum Gasteiger partial charge on any atom is -0.387 e. The molecule has 2 N–H and O–H groups in total. The van der Waals surface area contributed by atoms with Crippen molar-refractivity contribution in [1.82, 2.24) is 10.2 Å². The maximum Gasteiger partial charge on any atom is 0.255 e. The van der Waals surface area contributed by atoms with Gasteiger partial charge in [-0.15, -0.1) is 0 Å². The molecule has 0 radical (unpaired) electrons. The topological polar surface area (TPSA) is 61.4 Å². The van der Waals surface area contributed by atoms with Crippen LogP contribution >= 0.6 is 0 Å². The summed E-state index contributed by atoms with van der Waals surface area (Å²) >= 11 is 0. The highest BCUT2D eigenvalue weighted by Gasteiger charge is 2.41. The number of hydrogen-bond acceptors (Lipinski definition) is 3. The number of anilines is 1. The van der Waals surface area contributed by atoms with Crippen LogP contribution in [-0.4, -0.2) is 43.9 Å². The molecular weight excluding hydrogens is 254 g/mol. The lowest BCUT2D eigenvalue weighted by atomic mass is 9.89. The summed E-state index contributed by atoms with van der Waals surface area (Å²) in [5.41, 5.74) is 0.973. The fourth-order valence-corrected chi connectivity index (χ4v) is 2.68. The molecule has 108 valence electrons. The van der Waals surface area contributed by atoms with Crippen LogP contribution in [0.3, 0.4) is 0 Å². The zero-order chi connectivity index (χ0) is 14.8. The first-order valence-corrected chi connectivity index (χ1v) is 6.80. The third-order valence-electron chi connectivity index (χ3n) is 3.96. The standard InChI is InChI=1S/C15H21N3O2/c1-15(14(20)17-3)8-9-18(10-15)13(19)11-6-4-5-7-12(11)16-2/h4-7,16H,8-10H2,1-3H3,(H,17,20). The van der Waals surface area contributed by atoms with Crippen LogP contribution in [0.15, 0.2) is 24.3 Å². The van der Waals surface area contributed by atoms with E-state index >= 15 is 0 Å². The Kier molecular flexibility index (Phi) is 3.97. The molecule has 0 aromatic heterocycles. The Morgan fingerprint density at radius 1 is 1.25 bits per heavy atom. The van der Waals surface area contributed by atoms with Gasteiger partial charge >= 0.3 is 0 Å². The molecule has 5 nitrogen and oxygen atoms in total. The van der Waals surface area contributed by atoms with Gasteiger partial charge in [0.25, 0.3) is 5.91 Å². The van der Waals surface area contributed by atoms with Crippen molar-refractivity contribution in [3.05, 3.63) is 29.8 Å². The van der Waals surface area contributed by atoms with Crippen LogP contribution in [0.25, 0.3) is 0 Å². The fraction of sp³-hybridized carbons (Fsp3) is 0.467. The van der Waals surface area contributed by atoms with Gasteiger partial charge in [0.05, 0.1) is 11.0 Å². The summed E-state index contributed by atoms with van der Waals surface area (Å²) in [6.07, 6.45) is 0.695. The molecule has 0 aliphatic carbocycles. The Labute approximate surface area is 119 Å². The molecule has 1 aromatic carbocycles.